The fourth-order valence-corrected chi connectivity index (χ4v) is 1.01. The molecule has 0 saturated carbocycles. The van der Waals surface area contributed by atoms with Crippen molar-refractivity contribution >= 4 is 6.29 Å². The number of hydrogen-bond acceptors (Lipinski definition) is 2. The van der Waals surface area contributed by atoms with Crippen LogP contribution in [0.3, 0.4) is 0 Å². The third-order valence-electron chi connectivity index (χ3n) is 1.49. The van der Waals surface area contributed by atoms with Crippen molar-refractivity contribution in [1.29, 1.82) is 0 Å². The van der Waals surface area contributed by atoms with E-state index in [1.807, 2.05) is 6.92 Å². The van der Waals surface area contributed by atoms with Crippen LogP contribution in [-0.4, -0.2) is 17.0 Å². The highest BCUT2D eigenvalue weighted by atomic mass is 16.3. The van der Waals surface area contributed by atoms with Gasteiger partial charge in [0.25, 0.3) is 0 Å². The van der Waals surface area contributed by atoms with Gasteiger partial charge in [-0.2, -0.15) is 0 Å². The van der Waals surface area contributed by atoms with Gasteiger partial charge in [0, 0.05) is 0 Å². The number of rotatable bonds is 1. The molecule has 0 aromatic rings. The van der Waals surface area contributed by atoms with E-state index in [1.54, 1.807) is 12.2 Å². The second kappa shape index (κ2) is 2.39. The van der Waals surface area contributed by atoms with Crippen molar-refractivity contribution in [1.82, 2.24) is 0 Å². The molecule has 0 aliphatic heterocycles. The van der Waals surface area contributed by atoms with Gasteiger partial charge in [-0.15, -0.1) is 0 Å². The number of hydrogen-bond donors (Lipinski definition) is 1. The largest absolute Gasteiger partial charge is 0.375 e. The summed E-state index contributed by atoms with van der Waals surface area (Å²) in [5, 5.41) is 9.32. The van der Waals surface area contributed by atoms with Crippen LogP contribution in [0.4, 0.5) is 0 Å². The van der Waals surface area contributed by atoms with Crippen molar-refractivity contribution in [3.63, 3.8) is 0 Å². The highest BCUT2D eigenvalue weighted by molar-refractivity contribution is 5.70. The Morgan fingerprint density at radius 3 is 2.90 bits per heavy atom. The summed E-state index contributed by atoms with van der Waals surface area (Å²) >= 11 is 0. The molecule has 1 aliphatic carbocycles. The van der Waals surface area contributed by atoms with Crippen LogP contribution in [0.25, 0.3) is 0 Å². The molecule has 0 spiro atoms. The van der Waals surface area contributed by atoms with Crippen LogP contribution in [0, 0.1) is 0 Å². The monoisotopic (exact) mass is 138 g/mol. The molecule has 0 bridgehead atoms. The molecular formula is C8H10O2. The fraction of sp³-hybridized carbons (Fsp3) is 0.375. The zero-order chi connectivity index (χ0) is 7.61. The summed E-state index contributed by atoms with van der Waals surface area (Å²) in [4.78, 5) is 10.3. The van der Waals surface area contributed by atoms with E-state index in [1.165, 1.54) is 6.08 Å². The third-order valence-corrected chi connectivity index (χ3v) is 1.49. The molecule has 10 heavy (non-hydrogen) atoms. The molecule has 1 N–H and O–H groups in total. The van der Waals surface area contributed by atoms with Crippen LogP contribution in [0.15, 0.2) is 23.8 Å². The molecule has 1 aliphatic rings. The Bertz CT molecular complexity index is 203. The van der Waals surface area contributed by atoms with E-state index in [9.17, 15) is 9.90 Å². The lowest BCUT2D eigenvalue weighted by molar-refractivity contribution is -0.117. The minimum Gasteiger partial charge on any atom is -0.375 e. The molecule has 1 unspecified atom stereocenters. The van der Waals surface area contributed by atoms with Gasteiger partial charge in [0.1, 0.15) is 0 Å². The van der Waals surface area contributed by atoms with Gasteiger partial charge in [0.15, 0.2) is 11.9 Å². The highest BCUT2D eigenvalue weighted by Crippen LogP contribution is 2.17. The van der Waals surface area contributed by atoms with Crippen molar-refractivity contribution in [2.24, 2.45) is 0 Å². The van der Waals surface area contributed by atoms with E-state index in [2.05, 4.69) is 0 Å². The van der Waals surface area contributed by atoms with Gasteiger partial charge in [0.2, 0.25) is 0 Å². The zero-order valence-electron chi connectivity index (χ0n) is 5.87. The first-order valence-corrected chi connectivity index (χ1v) is 3.21. The minimum atomic E-state index is -1.33. The zero-order valence-corrected chi connectivity index (χ0v) is 5.87. The van der Waals surface area contributed by atoms with Crippen molar-refractivity contribution in [2.45, 2.75) is 18.9 Å². The molecule has 0 saturated heterocycles. The van der Waals surface area contributed by atoms with Gasteiger partial charge in [-0.3, -0.25) is 4.79 Å². The van der Waals surface area contributed by atoms with E-state index in [-0.39, 0.29) is 0 Å². The SMILES string of the molecule is CC1=CC(O)(C=O)C=CC1. The number of aldehydes is 1. The predicted octanol–water partition coefficient (Wildman–Crippen LogP) is 0.823. The first-order valence-electron chi connectivity index (χ1n) is 3.21. The smallest absolute Gasteiger partial charge is 0.159 e. The number of carbonyl (C=O) groups is 1. The molecule has 54 valence electrons. The Morgan fingerprint density at radius 2 is 2.50 bits per heavy atom. The topological polar surface area (TPSA) is 37.3 Å². The summed E-state index contributed by atoms with van der Waals surface area (Å²) in [5.41, 5.74) is -0.306. The van der Waals surface area contributed by atoms with E-state index in [0.29, 0.717) is 6.29 Å². The van der Waals surface area contributed by atoms with Gasteiger partial charge in [0.05, 0.1) is 0 Å². The fourth-order valence-electron chi connectivity index (χ4n) is 1.01. The van der Waals surface area contributed by atoms with Crippen molar-refractivity contribution in [3.8, 4) is 0 Å². The van der Waals surface area contributed by atoms with Gasteiger partial charge in [-0.05, 0) is 25.5 Å². The molecule has 1 rings (SSSR count). The summed E-state index contributed by atoms with van der Waals surface area (Å²) in [6, 6.07) is 0. The van der Waals surface area contributed by atoms with Crippen LogP contribution in [0.1, 0.15) is 13.3 Å². The Balaban J connectivity index is 2.87. The Kier molecular flexibility index (Phi) is 1.72. The maximum atomic E-state index is 10.3. The normalized spacial score (nSPS) is 31.6. The highest BCUT2D eigenvalue weighted by Gasteiger charge is 2.20. The average molecular weight is 138 g/mol. The lowest BCUT2D eigenvalue weighted by Gasteiger charge is -2.17. The molecule has 0 radical (unpaired) electrons. The van der Waals surface area contributed by atoms with Crippen LogP contribution in [0.5, 0.6) is 0 Å². The number of allylic oxidation sites excluding steroid dienone is 2. The van der Waals surface area contributed by atoms with Gasteiger partial charge >= 0.3 is 0 Å². The number of aliphatic hydroxyl groups is 1. The summed E-state index contributed by atoms with van der Waals surface area (Å²) in [7, 11) is 0. The summed E-state index contributed by atoms with van der Waals surface area (Å²) in [5.74, 6) is 0. The van der Waals surface area contributed by atoms with E-state index >= 15 is 0 Å². The van der Waals surface area contributed by atoms with Crippen molar-refractivity contribution in [2.75, 3.05) is 0 Å². The lowest BCUT2D eigenvalue weighted by atomic mass is 9.95. The minimum absolute atomic E-state index is 0.534. The van der Waals surface area contributed by atoms with Gasteiger partial charge in [-0.1, -0.05) is 11.6 Å². The predicted molar refractivity (Wildman–Crippen MR) is 38.5 cm³/mol. The second-order valence-electron chi connectivity index (χ2n) is 2.60. The standard InChI is InChI=1S/C8H10O2/c1-7-3-2-4-8(10,5-7)6-9/h2,4-6,10H,3H2,1H3. The molecule has 0 aromatic carbocycles. The molecule has 0 aromatic heterocycles. The lowest BCUT2D eigenvalue weighted by Crippen LogP contribution is -2.26. The van der Waals surface area contributed by atoms with Crippen molar-refractivity contribution in [3.05, 3.63) is 23.8 Å². The summed E-state index contributed by atoms with van der Waals surface area (Å²) < 4.78 is 0. The number of carbonyl (C=O) groups excluding carboxylic acids is 1. The molecule has 0 fully saturated rings. The summed E-state index contributed by atoms with van der Waals surface area (Å²) in [6.07, 6.45) is 6.24. The quantitative estimate of drug-likeness (QED) is 0.430. The molecule has 0 amide bonds. The Morgan fingerprint density at radius 1 is 1.80 bits per heavy atom. The van der Waals surface area contributed by atoms with Crippen LogP contribution >= 0.6 is 0 Å². The van der Waals surface area contributed by atoms with Crippen molar-refractivity contribution < 1.29 is 9.90 Å². The van der Waals surface area contributed by atoms with Crippen LogP contribution in [0.2, 0.25) is 0 Å². The molecule has 1 atom stereocenters. The molecule has 2 nitrogen and oxygen atoms in total. The first kappa shape index (κ1) is 7.22. The van der Waals surface area contributed by atoms with E-state index in [0.717, 1.165) is 12.0 Å². The Hall–Kier alpha value is -0.890. The molecular weight excluding hydrogens is 128 g/mol. The maximum absolute atomic E-state index is 10.3. The van der Waals surface area contributed by atoms with E-state index in [4.69, 9.17) is 0 Å². The molecule has 2 heteroatoms. The van der Waals surface area contributed by atoms with Crippen LogP contribution in [-0.2, 0) is 4.79 Å². The maximum Gasteiger partial charge on any atom is 0.159 e. The van der Waals surface area contributed by atoms with Gasteiger partial charge < -0.3 is 5.11 Å². The first-order chi connectivity index (χ1) is 4.66. The average Bonchev–Trinajstić information content (AvgIpc) is 1.88. The molecule has 0 heterocycles. The third kappa shape index (κ3) is 1.33. The van der Waals surface area contributed by atoms with Crippen LogP contribution < -0.4 is 0 Å². The second-order valence-corrected chi connectivity index (χ2v) is 2.60. The van der Waals surface area contributed by atoms with E-state index < -0.39 is 5.60 Å². The Labute approximate surface area is 59.9 Å². The van der Waals surface area contributed by atoms with Gasteiger partial charge in [-0.25, -0.2) is 0 Å². The summed E-state index contributed by atoms with van der Waals surface area (Å²) in [6.45, 7) is 1.89.